The molecule has 2 N–H and O–H groups in total. The molecule has 1 aliphatic heterocycles. The lowest BCUT2D eigenvalue weighted by atomic mass is 10.2. The molecule has 1 aliphatic rings. The van der Waals surface area contributed by atoms with Crippen molar-refractivity contribution in [3.8, 4) is 23.0 Å². The Morgan fingerprint density at radius 2 is 1.84 bits per heavy atom. The summed E-state index contributed by atoms with van der Waals surface area (Å²) in [5, 5.41) is 5.87. The largest absolute Gasteiger partial charge is 0.497 e. The molecule has 132 valence electrons. The molecule has 1 amide bonds. The highest BCUT2D eigenvalue weighted by Crippen LogP contribution is 2.32. The van der Waals surface area contributed by atoms with E-state index in [2.05, 4.69) is 10.6 Å². The summed E-state index contributed by atoms with van der Waals surface area (Å²) >= 11 is 0. The van der Waals surface area contributed by atoms with Crippen molar-refractivity contribution in [1.29, 1.82) is 0 Å². The first kappa shape index (κ1) is 16.8. The summed E-state index contributed by atoms with van der Waals surface area (Å²) in [5.74, 6) is 2.37. The van der Waals surface area contributed by atoms with E-state index in [0.717, 1.165) is 5.69 Å². The van der Waals surface area contributed by atoms with Crippen LogP contribution < -0.4 is 29.6 Å². The highest BCUT2D eigenvalue weighted by atomic mass is 16.6. The Bertz CT molecular complexity index is 763. The van der Waals surface area contributed by atoms with Gasteiger partial charge in [0.25, 0.3) is 0 Å². The molecular weight excluding hydrogens is 324 g/mol. The molecule has 0 atom stereocenters. The molecule has 7 nitrogen and oxygen atoms in total. The molecule has 0 aromatic heterocycles. The predicted octanol–water partition coefficient (Wildman–Crippen LogP) is 2.53. The zero-order valence-corrected chi connectivity index (χ0v) is 14.1. The van der Waals surface area contributed by atoms with Gasteiger partial charge in [0, 0.05) is 17.8 Å². The Labute approximate surface area is 145 Å². The Hall–Kier alpha value is -3.09. The smallest absolute Gasteiger partial charge is 0.243 e. The van der Waals surface area contributed by atoms with Crippen molar-refractivity contribution < 1.29 is 23.7 Å². The number of nitrogens with one attached hydrogen (secondary N) is 2. The third kappa shape index (κ3) is 4.06. The SMILES string of the molecule is COc1ccc(OC)c(NC(=O)CNc2ccc3c(c2)OCCO3)c1. The molecule has 0 spiro atoms. The molecular formula is C18H20N2O5. The normalized spacial score (nSPS) is 12.2. The van der Waals surface area contributed by atoms with E-state index in [1.165, 1.54) is 0 Å². The zero-order valence-electron chi connectivity index (χ0n) is 14.1. The molecule has 0 aliphatic carbocycles. The van der Waals surface area contributed by atoms with Crippen LogP contribution in [0.4, 0.5) is 11.4 Å². The maximum Gasteiger partial charge on any atom is 0.243 e. The van der Waals surface area contributed by atoms with Crippen LogP contribution in [0.3, 0.4) is 0 Å². The minimum atomic E-state index is -0.207. The summed E-state index contributed by atoms with van der Waals surface area (Å²) < 4.78 is 21.4. The predicted molar refractivity (Wildman–Crippen MR) is 94.1 cm³/mol. The van der Waals surface area contributed by atoms with E-state index >= 15 is 0 Å². The maximum absolute atomic E-state index is 12.2. The fourth-order valence-electron chi connectivity index (χ4n) is 2.44. The van der Waals surface area contributed by atoms with Crippen LogP contribution in [0.2, 0.25) is 0 Å². The number of benzene rings is 2. The van der Waals surface area contributed by atoms with E-state index < -0.39 is 0 Å². The molecule has 0 bridgehead atoms. The van der Waals surface area contributed by atoms with Gasteiger partial charge < -0.3 is 29.6 Å². The standard InChI is InChI=1S/C18H20N2O5/c1-22-13-4-6-15(23-2)14(10-13)20-18(21)11-19-12-3-5-16-17(9-12)25-8-7-24-16/h3-6,9-10,19H,7-8,11H2,1-2H3,(H,20,21). The second-order valence-corrected chi connectivity index (χ2v) is 5.33. The van der Waals surface area contributed by atoms with Gasteiger partial charge in [0.15, 0.2) is 11.5 Å². The molecule has 0 unspecified atom stereocenters. The number of ether oxygens (including phenoxy) is 4. The lowest BCUT2D eigenvalue weighted by molar-refractivity contribution is -0.114. The van der Waals surface area contributed by atoms with Crippen LogP contribution in [0.1, 0.15) is 0 Å². The quantitative estimate of drug-likeness (QED) is 0.838. The number of rotatable bonds is 6. The van der Waals surface area contributed by atoms with E-state index in [-0.39, 0.29) is 12.5 Å². The summed E-state index contributed by atoms with van der Waals surface area (Å²) in [4.78, 5) is 12.2. The van der Waals surface area contributed by atoms with Crippen LogP contribution in [-0.2, 0) is 4.79 Å². The summed E-state index contributed by atoms with van der Waals surface area (Å²) in [6, 6.07) is 10.7. The van der Waals surface area contributed by atoms with Gasteiger partial charge in [0.1, 0.15) is 24.7 Å². The number of amides is 1. The first-order chi connectivity index (χ1) is 12.2. The number of methoxy groups -OCH3 is 2. The molecule has 2 aromatic carbocycles. The van der Waals surface area contributed by atoms with E-state index in [0.29, 0.717) is 41.9 Å². The molecule has 0 fully saturated rings. The Morgan fingerprint density at radius 1 is 1.04 bits per heavy atom. The van der Waals surface area contributed by atoms with Gasteiger partial charge in [-0.15, -0.1) is 0 Å². The third-order valence-electron chi connectivity index (χ3n) is 3.68. The Balaban J connectivity index is 1.61. The summed E-state index contributed by atoms with van der Waals surface area (Å²) in [5.41, 5.74) is 1.33. The van der Waals surface area contributed by atoms with Crippen LogP contribution in [0.15, 0.2) is 36.4 Å². The molecule has 1 heterocycles. The lowest BCUT2D eigenvalue weighted by Gasteiger charge is -2.19. The minimum absolute atomic E-state index is 0.0972. The minimum Gasteiger partial charge on any atom is -0.497 e. The number of carbonyl (C=O) groups is 1. The highest BCUT2D eigenvalue weighted by Gasteiger charge is 2.13. The number of hydrogen-bond donors (Lipinski definition) is 2. The van der Waals surface area contributed by atoms with E-state index in [1.807, 2.05) is 18.2 Å². The second kappa shape index (κ2) is 7.65. The molecule has 0 radical (unpaired) electrons. The Kier molecular flexibility index (Phi) is 5.13. The monoisotopic (exact) mass is 344 g/mol. The van der Waals surface area contributed by atoms with Crippen molar-refractivity contribution in [3.63, 3.8) is 0 Å². The average molecular weight is 344 g/mol. The van der Waals surface area contributed by atoms with Gasteiger partial charge in [0.2, 0.25) is 5.91 Å². The van der Waals surface area contributed by atoms with Gasteiger partial charge >= 0.3 is 0 Å². The molecule has 0 saturated heterocycles. The first-order valence-corrected chi connectivity index (χ1v) is 7.85. The van der Waals surface area contributed by atoms with Crippen LogP contribution in [0.5, 0.6) is 23.0 Å². The van der Waals surface area contributed by atoms with E-state index in [1.54, 1.807) is 32.4 Å². The van der Waals surface area contributed by atoms with Crippen LogP contribution in [-0.4, -0.2) is 39.9 Å². The number of hydrogen-bond acceptors (Lipinski definition) is 6. The van der Waals surface area contributed by atoms with Gasteiger partial charge in [-0.05, 0) is 24.3 Å². The van der Waals surface area contributed by atoms with Gasteiger partial charge in [-0.3, -0.25) is 4.79 Å². The Morgan fingerprint density at radius 3 is 2.60 bits per heavy atom. The van der Waals surface area contributed by atoms with Gasteiger partial charge in [0.05, 0.1) is 26.5 Å². The van der Waals surface area contributed by atoms with Crippen molar-refractivity contribution in [3.05, 3.63) is 36.4 Å². The van der Waals surface area contributed by atoms with Gasteiger partial charge in [-0.2, -0.15) is 0 Å². The molecule has 25 heavy (non-hydrogen) atoms. The fourth-order valence-corrected chi connectivity index (χ4v) is 2.44. The number of carbonyl (C=O) groups excluding carboxylic acids is 1. The van der Waals surface area contributed by atoms with Gasteiger partial charge in [-0.25, -0.2) is 0 Å². The van der Waals surface area contributed by atoms with Crippen LogP contribution in [0, 0.1) is 0 Å². The van der Waals surface area contributed by atoms with Crippen molar-refractivity contribution in [1.82, 2.24) is 0 Å². The molecule has 0 saturated carbocycles. The topological polar surface area (TPSA) is 78.1 Å². The van der Waals surface area contributed by atoms with Crippen LogP contribution >= 0.6 is 0 Å². The molecule has 3 rings (SSSR count). The van der Waals surface area contributed by atoms with E-state index in [4.69, 9.17) is 18.9 Å². The highest BCUT2D eigenvalue weighted by molar-refractivity contribution is 5.95. The summed E-state index contributed by atoms with van der Waals surface area (Å²) in [6.07, 6.45) is 0. The van der Waals surface area contributed by atoms with Crippen molar-refractivity contribution in [2.75, 3.05) is 44.6 Å². The van der Waals surface area contributed by atoms with Crippen molar-refractivity contribution >= 4 is 17.3 Å². The van der Waals surface area contributed by atoms with Crippen molar-refractivity contribution in [2.45, 2.75) is 0 Å². The number of anilines is 2. The first-order valence-electron chi connectivity index (χ1n) is 7.85. The van der Waals surface area contributed by atoms with Crippen LogP contribution in [0.25, 0.3) is 0 Å². The maximum atomic E-state index is 12.2. The third-order valence-corrected chi connectivity index (χ3v) is 3.68. The molecule has 2 aromatic rings. The summed E-state index contributed by atoms with van der Waals surface area (Å²) in [6.45, 7) is 1.16. The lowest BCUT2D eigenvalue weighted by Crippen LogP contribution is -2.22. The van der Waals surface area contributed by atoms with Crippen molar-refractivity contribution in [2.24, 2.45) is 0 Å². The molecule has 7 heteroatoms. The zero-order chi connectivity index (χ0) is 17.6. The van der Waals surface area contributed by atoms with E-state index in [9.17, 15) is 4.79 Å². The second-order valence-electron chi connectivity index (χ2n) is 5.33. The number of fused-ring (bicyclic) bond motifs is 1. The summed E-state index contributed by atoms with van der Waals surface area (Å²) in [7, 11) is 3.11. The fraction of sp³-hybridized carbons (Fsp3) is 0.278. The average Bonchev–Trinajstić information content (AvgIpc) is 2.66. The van der Waals surface area contributed by atoms with Gasteiger partial charge in [-0.1, -0.05) is 0 Å².